The third-order valence-electron chi connectivity index (χ3n) is 3.22. The van der Waals surface area contributed by atoms with E-state index in [0.717, 1.165) is 29.7 Å². The highest BCUT2D eigenvalue weighted by Crippen LogP contribution is 2.41. The smallest absolute Gasteiger partial charge is 0.129 e. The quantitative estimate of drug-likeness (QED) is 0.806. The minimum Gasteiger partial charge on any atom is -0.487 e. The Kier molecular flexibility index (Phi) is 2.70. The minimum atomic E-state index is -0.445. The standard InChI is InChI=1S/C13H18O2/c1-4-5-11-12(14)10-7-6-8(2)9(3)13(10)15-11/h6-7,11-12,14H,4-5H2,1-3H3. The summed E-state index contributed by atoms with van der Waals surface area (Å²) in [6.07, 6.45) is 1.45. The SMILES string of the molecule is CCCC1Oc2c(ccc(C)c2C)C1O. The van der Waals surface area contributed by atoms with E-state index >= 15 is 0 Å². The second-order valence-corrected chi connectivity index (χ2v) is 4.32. The van der Waals surface area contributed by atoms with Crippen LogP contribution >= 0.6 is 0 Å². The van der Waals surface area contributed by atoms with E-state index in [2.05, 4.69) is 26.8 Å². The molecular weight excluding hydrogens is 188 g/mol. The Morgan fingerprint density at radius 2 is 2.07 bits per heavy atom. The van der Waals surface area contributed by atoms with Gasteiger partial charge in [0.05, 0.1) is 0 Å². The van der Waals surface area contributed by atoms with Crippen LogP contribution in [-0.2, 0) is 0 Å². The Bertz CT molecular complexity index is 371. The molecule has 0 radical (unpaired) electrons. The normalized spacial score (nSPS) is 23.7. The first-order chi connectivity index (χ1) is 7.15. The van der Waals surface area contributed by atoms with Gasteiger partial charge in [0.15, 0.2) is 0 Å². The van der Waals surface area contributed by atoms with Crippen molar-refractivity contribution in [1.29, 1.82) is 0 Å². The molecule has 1 aromatic rings. The maximum atomic E-state index is 10.1. The van der Waals surface area contributed by atoms with Gasteiger partial charge in [-0.2, -0.15) is 0 Å². The molecule has 1 aliphatic heterocycles. The fraction of sp³-hybridized carbons (Fsp3) is 0.538. The Balaban J connectivity index is 2.36. The second-order valence-electron chi connectivity index (χ2n) is 4.32. The molecule has 0 fully saturated rings. The Morgan fingerprint density at radius 3 is 2.73 bits per heavy atom. The van der Waals surface area contributed by atoms with Crippen LogP contribution in [-0.4, -0.2) is 11.2 Å². The summed E-state index contributed by atoms with van der Waals surface area (Å²) in [5, 5.41) is 10.1. The van der Waals surface area contributed by atoms with E-state index in [-0.39, 0.29) is 6.10 Å². The number of aliphatic hydroxyl groups is 1. The van der Waals surface area contributed by atoms with Gasteiger partial charge in [-0.15, -0.1) is 0 Å². The Morgan fingerprint density at radius 1 is 1.33 bits per heavy atom. The molecule has 0 bridgehead atoms. The van der Waals surface area contributed by atoms with E-state index in [0.29, 0.717) is 0 Å². The van der Waals surface area contributed by atoms with Gasteiger partial charge < -0.3 is 9.84 Å². The molecule has 1 aromatic carbocycles. The lowest BCUT2D eigenvalue weighted by molar-refractivity contribution is 0.0614. The van der Waals surface area contributed by atoms with Crippen molar-refractivity contribution >= 4 is 0 Å². The van der Waals surface area contributed by atoms with Gasteiger partial charge >= 0.3 is 0 Å². The average Bonchev–Trinajstić information content (AvgIpc) is 2.52. The molecular formula is C13H18O2. The van der Waals surface area contributed by atoms with E-state index < -0.39 is 6.10 Å². The predicted octanol–water partition coefficient (Wildman–Crippen LogP) is 2.90. The number of aliphatic hydroxyl groups excluding tert-OH is 1. The van der Waals surface area contributed by atoms with Gasteiger partial charge in [0.1, 0.15) is 18.0 Å². The first kappa shape index (κ1) is 10.5. The lowest BCUT2D eigenvalue weighted by Crippen LogP contribution is -2.17. The van der Waals surface area contributed by atoms with Crippen molar-refractivity contribution in [2.24, 2.45) is 0 Å². The van der Waals surface area contributed by atoms with Crippen LogP contribution in [0.2, 0.25) is 0 Å². The molecule has 0 saturated heterocycles. The van der Waals surface area contributed by atoms with Crippen LogP contribution in [0.5, 0.6) is 5.75 Å². The molecule has 2 unspecified atom stereocenters. The molecule has 2 rings (SSSR count). The molecule has 1 heterocycles. The third kappa shape index (κ3) is 1.63. The van der Waals surface area contributed by atoms with Crippen molar-refractivity contribution in [3.63, 3.8) is 0 Å². The third-order valence-corrected chi connectivity index (χ3v) is 3.22. The van der Waals surface area contributed by atoms with Crippen molar-refractivity contribution in [3.05, 3.63) is 28.8 Å². The fourth-order valence-electron chi connectivity index (χ4n) is 2.12. The Labute approximate surface area is 90.9 Å². The molecule has 0 aromatic heterocycles. The number of benzene rings is 1. The summed E-state index contributed by atoms with van der Waals surface area (Å²) in [4.78, 5) is 0. The van der Waals surface area contributed by atoms with E-state index in [1.165, 1.54) is 5.56 Å². The summed E-state index contributed by atoms with van der Waals surface area (Å²) in [5.41, 5.74) is 3.33. The van der Waals surface area contributed by atoms with Crippen molar-refractivity contribution in [3.8, 4) is 5.75 Å². The number of ether oxygens (including phenoxy) is 1. The van der Waals surface area contributed by atoms with Crippen LogP contribution in [0.1, 0.15) is 42.6 Å². The van der Waals surface area contributed by atoms with Crippen molar-refractivity contribution in [2.45, 2.75) is 45.8 Å². The van der Waals surface area contributed by atoms with Gasteiger partial charge in [0, 0.05) is 5.56 Å². The second kappa shape index (κ2) is 3.86. The molecule has 1 N–H and O–H groups in total. The van der Waals surface area contributed by atoms with Gasteiger partial charge in [-0.25, -0.2) is 0 Å². The van der Waals surface area contributed by atoms with Crippen LogP contribution in [0.25, 0.3) is 0 Å². The number of rotatable bonds is 2. The van der Waals surface area contributed by atoms with Gasteiger partial charge in [-0.05, 0) is 31.4 Å². The van der Waals surface area contributed by atoms with E-state index in [1.54, 1.807) is 0 Å². The lowest BCUT2D eigenvalue weighted by atomic mass is 10.00. The molecule has 2 nitrogen and oxygen atoms in total. The zero-order valence-corrected chi connectivity index (χ0v) is 9.58. The van der Waals surface area contributed by atoms with Crippen LogP contribution in [0.4, 0.5) is 0 Å². The van der Waals surface area contributed by atoms with Crippen molar-refractivity contribution in [2.75, 3.05) is 0 Å². The van der Waals surface area contributed by atoms with Gasteiger partial charge in [-0.3, -0.25) is 0 Å². The van der Waals surface area contributed by atoms with Gasteiger partial charge in [0.25, 0.3) is 0 Å². The monoisotopic (exact) mass is 206 g/mol. The highest BCUT2D eigenvalue weighted by Gasteiger charge is 2.33. The molecule has 0 aliphatic carbocycles. The largest absolute Gasteiger partial charge is 0.487 e. The molecule has 0 spiro atoms. The Hall–Kier alpha value is -1.02. The molecule has 15 heavy (non-hydrogen) atoms. The zero-order chi connectivity index (χ0) is 11.0. The highest BCUT2D eigenvalue weighted by atomic mass is 16.5. The molecule has 1 aliphatic rings. The van der Waals surface area contributed by atoms with E-state index in [4.69, 9.17) is 4.74 Å². The first-order valence-corrected chi connectivity index (χ1v) is 5.60. The molecule has 2 atom stereocenters. The van der Waals surface area contributed by atoms with Crippen LogP contribution in [0.15, 0.2) is 12.1 Å². The summed E-state index contributed by atoms with van der Waals surface area (Å²) in [5.74, 6) is 0.904. The maximum Gasteiger partial charge on any atom is 0.129 e. The number of hydrogen-bond donors (Lipinski definition) is 1. The zero-order valence-electron chi connectivity index (χ0n) is 9.58. The highest BCUT2D eigenvalue weighted by molar-refractivity contribution is 5.49. The first-order valence-electron chi connectivity index (χ1n) is 5.60. The molecule has 82 valence electrons. The molecule has 0 saturated carbocycles. The minimum absolute atomic E-state index is 0.0505. The summed E-state index contributed by atoms with van der Waals surface area (Å²) >= 11 is 0. The number of hydrogen-bond acceptors (Lipinski definition) is 2. The van der Waals surface area contributed by atoms with Crippen molar-refractivity contribution in [1.82, 2.24) is 0 Å². The summed E-state index contributed by atoms with van der Waals surface area (Å²) in [6, 6.07) is 4.03. The summed E-state index contributed by atoms with van der Waals surface area (Å²) < 4.78 is 5.82. The van der Waals surface area contributed by atoms with Crippen LogP contribution in [0.3, 0.4) is 0 Å². The molecule has 2 heteroatoms. The summed E-state index contributed by atoms with van der Waals surface area (Å²) in [6.45, 7) is 6.23. The average molecular weight is 206 g/mol. The number of fused-ring (bicyclic) bond motifs is 1. The molecule has 0 amide bonds. The number of aryl methyl sites for hydroxylation is 1. The van der Waals surface area contributed by atoms with E-state index in [1.807, 2.05) is 6.07 Å². The maximum absolute atomic E-state index is 10.1. The van der Waals surface area contributed by atoms with Crippen LogP contribution < -0.4 is 4.74 Å². The summed E-state index contributed by atoms with van der Waals surface area (Å²) in [7, 11) is 0. The predicted molar refractivity (Wildman–Crippen MR) is 60.2 cm³/mol. The van der Waals surface area contributed by atoms with E-state index in [9.17, 15) is 5.11 Å². The van der Waals surface area contributed by atoms with Gasteiger partial charge in [0.2, 0.25) is 0 Å². The van der Waals surface area contributed by atoms with Crippen molar-refractivity contribution < 1.29 is 9.84 Å². The van der Waals surface area contributed by atoms with Crippen LogP contribution in [0, 0.1) is 13.8 Å². The topological polar surface area (TPSA) is 29.5 Å². The fourth-order valence-corrected chi connectivity index (χ4v) is 2.12. The lowest BCUT2D eigenvalue weighted by Gasteiger charge is -2.13. The van der Waals surface area contributed by atoms with Gasteiger partial charge in [-0.1, -0.05) is 25.5 Å².